The summed E-state index contributed by atoms with van der Waals surface area (Å²) in [6.07, 6.45) is 0.654. The molecule has 1 aliphatic heterocycles. The maximum Gasteiger partial charge on any atom is 0.410 e. The van der Waals surface area contributed by atoms with Gasteiger partial charge in [-0.1, -0.05) is 12.1 Å². The number of ether oxygens (including phenoxy) is 1. The zero-order valence-corrected chi connectivity index (χ0v) is 14.3. The van der Waals surface area contributed by atoms with Crippen molar-refractivity contribution >= 4 is 12.1 Å². The number of amides is 1. The van der Waals surface area contributed by atoms with Crippen molar-refractivity contribution in [2.24, 2.45) is 11.8 Å². The molecule has 0 unspecified atom stereocenters. The first-order valence-corrected chi connectivity index (χ1v) is 8.11. The van der Waals surface area contributed by atoms with Crippen molar-refractivity contribution in [3.8, 4) is 0 Å². The van der Waals surface area contributed by atoms with Gasteiger partial charge in [0.25, 0.3) is 0 Å². The van der Waals surface area contributed by atoms with E-state index >= 15 is 0 Å². The Bertz CT molecular complexity index is 594. The first-order chi connectivity index (χ1) is 11.2. The van der Waals surface area contributed by atoms with Crippen LogP contribution in [0.25, 0.3) is 0 Å². The number of carbonyl (C=O) groups is 2. The largest absolute Gasteiger partial charge is 0.481 e. The third-order valence-electron chi connectivity index (χ3n) is 4.14. The van der Waals surface area contributed by atoms with E-state index in [9.17, 15) is 19.1 Å². The molecule has 2 rings (SSSR count). The molecule has 6 heteroatoms. The normalized spacial score (nSPS) is 21.4. The third kappa shape index (κ3) is 4.94. The van der Waals surface area contributed by atoms with Crippen molar-refractivity contribution < 1.29 is 23.8 Å². The van der Waals surface area contributed by atoms with Crippen molar-refractivity contribution in [3.05, 3.63) is 35.6 Å². The summed E-state index contributed by atoms with van der Waals surface area (Å²) < 4.78 is 18.3. The standard InChI is InChI=1S/C18H24FNO4/c1-18(2,3)24-17(23)20-9-8-13(15(11-20)16(21)22)10-12-4-6-14(19)7-5-12/h4-7,13,15H,8-11H2,1-3H3,(H,21,22)/t13-,15-/m1/s1. The molecule has 2 atom stereocenters. The zero-order valence-electron chi connectivity index (χ0n) is 14.3. The van der Waals surface area contributed by atoms with E-state index in [4.69, 9.17) is 4.74 Å². The van der Waals surface area contributed by atoms with Crippen LogP contribution in [0.1, 0.15) is 32.8 Å². The molecule has 0 aliphatic carbocycles. The molecule has 0 saturated carbocycles. The molecule has 0 aromatic heterocycles. The highest BCUT2D eigenvalue weighted by Crippen LogP contribution is 2.28. The Hall–Kier alpha value is -2.11. The maximum absolute atomic E-state index is 13.0. The van der Waals surface area contributed by atoms with Crippen LogP contribution >= 0.6 is 0 Å². The van der Waals surface area contributed by atoms with Crippen LogP contribution < -0.4 is 0 Å². The molecule has 1 heterocycles. The maximum atomic E-state index is 13.0. The summed E-state index contributed by atoms with van der Waals surface area (Å²) >= 11 is 0. The molecule has 1 N–H and O–H groups in total. The number of carbonyl (C=O) groups excluding carboxylic acids is 1. The van der Waals surface area contributed by atoms with Crippen LogP contribution in [-0.4, -0.2) is 40.8 Å². The van der Waals surface area contributed by atoms with Crippen LogP contribution in [0.5, 0.6) is 0 Å². The number of carboxylic acid groups (broad SMARTS) is 1. The number of benzene rings is 1. The molecule has 132 valence electrons. The molecule has 1 saturated heterocycles. The molecule has 0 spiro atoms. The molecular formula is C18H24FNO4. The van der Waals surface area contributed by atoms with Crippen LogP contribution in [0.3, 0.4) is 0 Å². The van der Waals surface area contributed by atoms with Gasteiger partial charge in [0.1, 0.15) is 11.4 Å². The number of piperidine rings is 1. The Balaban J connectivity index is 2.04. The Labute approximate surface area is 141 Å². The molecule has 1 aromatic rings. The zero-order chi connectivity index (χ0) is 17.9. The Morgan fingerprint density at radius 1 is 1.29 bits per heavy atom. The van der Waals surface area contributed by atoms with Gasteiger partial charge in [0.15, 0.2) is 0 Å². The number of rotatable bonds is 3. The lowest BCUT2D eigenvalue weighted by Gasteiger charge is -2.37. The van der Waals surface area contributed by atoms with Gasteiger partial charge in [-0.2, -0.15) is 0 Å². The lowest BCUT2D eigenvalue weighted by molar-refractivity contribution is -0.145. The lowest BCUT2D eigenvalue weighted by Crippen LogP contribution is -2.48. The second kappa shape index (κ2) is 7.20. The Morgan fingerprint density at radius 2 is 1.92 bits per heavy atom. The Morgan fingerprint density at radius 3 is 2.46 bits per heavy atom. The summed E-state index contributed by atoms with van der Waals surface area (Å²) in [4.78, 5) is 25.2. The molecule has 1 aliphatic rings. The van der Waals surface area contributed by atoms with Gasteiger partial charge in [-0.3, -0.25) is 4.79 Å². The van der Waals surface area contributed by atoms with Crippen molar-refractivity contribution in [1.29, 1.82) is 0 Å². The number of halogens is 1. The fourth-order valence-electron chi connectivity index (χ4n) is 2.94. The van der Waals surface area contributed by atoms with E-state index in [0.717, 1.165) is 5.56 Å². The predicted octanol–water partition coefficient (Wildman–Crippen LogP) is 3.33. The summed E-state index contributed by atoms with van der Waals surface area (Å²) in [5.41, 5.74) is 0.291. The molecule has 0 radical (unpaired) electrons. The van der Waals surface area contributed by atoms with E-state index in [0.29, 0.717) is 19.4 Å². The summed E-state index contributed by atoms with van der Waals surface area (Å²) in [5.74, 6) is -1.98. The molecule has 0 bridgehead atoms. The molecular weight excluding hydrogens is 313 g/mol. The average Bonchev–Trinajstić information content (AvgIpc) is 2.48. The van der Waals surface area contributed by atoms with Gasteiger partial charge < -0.3 is 14.7 Å². The summed E-state index contributed by atoms with van der Waals surface area (Å²) in [5, 5.41) is 9.52. The van der Waals surface area contributed by atoms with Crippen molar-refractivity contribution in [2.45, 2.75) is 39.2 Å². The van der Waals surface area contributed by atoms with Gasteiger partial charge in [0.05, 0.1) is 5.92 Å². The highest BCUT2D eigenvalue weighted by atomic mass is 19.1. The fraction of sp³-hybridized carbons (Fsp3) is 0.556. The fourth-order valence-corrected chi connectivity index (χ4v) is 2.94. The smallest absolute Gasteiger partial charge is 0.410 e. The van der Waals surface area contributed by atoms with Crippen LogP contribution in [0, 0.1) is 17.7 Å². The number of hydrogen-bond acceptors (Lipinski definition) is 3. The minimum atomic E-state index is -0.921. The lowest BCUT2D eigenvalue weighted by atomic mass is 9.81. The van der Waals surface area contributed by atoms with E-state index in [1.807, 2.05) is 0 Å². The minimum Gasteiger partial charge on any atom is -0.481 e. The monoisotopic (exact) mass is 337 g/mol. The van der Waals surface area contributed by atoms with Gasteiger partial charge in [-0.25, -0.2) is 9.18 Å². The second-order valence-electron chi connectivity index (χ2n) is 7.25. The third-order valence-corrected chi connectivity index (χ3v) is 4.14. The van der Waals surface area contributed by atoms with Crippen LogP contribution in [0.2, 0.25) is 0 Å². The summed E-state index contributed by atoms with van der Waals surface area (Å²) in [6, 6.07) is 6.10. The second-order valence-corrected chi connectivity index (χ2v) is 7.25. The number of hydrogen-bond donors (Lipinski definition) is 1. The minimum absolute atomic E-state index is 0.0911. The van der Waals surface area contributed by atoms with E-state index < -0.39 is 23.6 Å². The topological polar surface area (TPSA) is 66.8 Å². The summed E-state index contributed by atoms with van der Waals surface area (Å²) in [6.45, 7) is 5.93. The molecule has 1 aromatic carbocycles. The number of carboxylic acids is 1. The first-order valence-electron chi connectivity index (χ1n) is 8.11. The van der Waals surface area contributed by atoms with E-state index in [-0.39, 0.29) is 18.3 Å². The summed E-state index contributed by atoms with van der Waals surface area (Å²) in [7, 11) is 0. The van der Waals surface area contributed by atoms with Crippen molar-refractivity contribution in [3.63, 3.8) is 0 Å². The molecule has 1 fully saturated rings. The van der Waals surface area contributed by atoms with Gasteiger partial charge in [0.2, 0.25) is 0 Å². The highest BCUT2D eigenvalue weighted by molar-refractivity contribution is 5.73. The van der Waals surface area contributed by atoms with Gasteiger partial charge in [-0.05, 0) is 57.2 Å². The van der Waals surface area contributed by atoms with Crippen LogP contribution in [0.4, 0.5) is 9.18 Å². The first kappa shape index (κ1) is 18.2. The van der Waals surface area contributed by atoms with E-state index in [2.05, 4.69) is 0 Å². The van der Waals surface area contributed by atoms with Gasteiger partial charge in [-0.15, -0.1) is 0 Å². The molecule has 24 heavy (non-hydrogen) atoms. The van der Waals surface area contributed by atoms with Gasteiger partial charge >= 0.3 is 12.1 Å². The molecule has 5 nitrogen and oxygen atoms in total. The SMILES string of the molecule is CC(C)(C)OC(=O)N1CC[C@H](Cc2ccc(F)cc2)[C@H](C(=O)O)C1. The highest BCUT2D eigenvalue weighted by Gasteiger charge is 2.37. The van der Waals surface area contributed by atoms with Crippen LogP contribution in [0.15, 0.2) is 24.3 Å². The van der Waals surface area contributed by atoms with Crippen molar-refractivity contribution in [1.82, 2.24) is 4.90 Å². The number of likely N-dealkylation sites (tertiary alicyclic amines) is 1. The Kier molecular flexibility index (Phi) is 5.47. The predicted molar refractivity (Wildman–Crippen MR) is 87.1 cm³/mol. The molecule has 1 amide bonds. The van der Waals surface area contributed by atoms with E-state index in [1.165, 1.54) is 17.0 Å². The quantitative estimate of drug-likeness (QED) is 0.919. The average molecular weight is 337 g/mol. The van der Waals surface area contributed by atoms with E-state index in [1.54, 1.807) is 32.9 Å². The van der Waals surface area contributed by atoms with Crippen LogP contribution in [-0.2, 0) is 16.0 Å². The van der Waals surface area contributed by atoms with Gasteiger partial charge in [0, 0.05) is 13.1 Å². The number of nitrogens with zero attached hydrogens (tertiary/aromatic N) is 1. The number of aliphatic carboxylic acids is 1. The van der Waals surface area contributed by atoms with Crippen molar-refractivity contribution in [2.75, 3.05) is 13.1 Å².